The second-order valence-corrected chi connectivity index (χ2v) is 10.9. The number of aliphatic hydroxyl groups excluding tert-OH is 1. The molecular weight excluding hydrogens is 496 g/mol. The van der Waals surface area contributed by atoms with Crippen molar-refractivity contribution in [1.82, 2.24) is 9.80 Å². The molecule has 3 heterocycles. The Hall–Kier alpha value is -2.97. The van der Waals surface area contributed by atoms with Crippen molar-refractivity contribution in [3.05, 3.63) is 61.2 Å². The number of allylic oxidation sites excluding steroid dienone is 1. The molecule has 39 heavy (non-hydrogen) atoms. The Morgan fingerprint density at radius 1 is 1.18 bits per heavy atom. The van der Waals surface area contributed by atoms with Gasteiger partial charge in [0.1, 0.15) is 17.6 Å². The van der Waals surface area contributed by atoms with Crippen LogP contribution < -0.4 is 0 Å². The van der Waals surface area contributed by atoms with Crippen LogP contribution in [0.15, 0.2) is 55.6 Å². The molecule has 0 saturated carbocycles. The van der Waals surface area contributed by atoms with Gasteiger partial charge >= 0.3 is 5.97 Å². The predicted octanol–water partition coefficient (Wildman–Crippen LogP) is 3.64. The molecule has 4 rings (SSSR count). The molecule has 8 nitrogen and oxygen atoms in total. The zero-order valence-corrected chi connectivity index (χ0v) is 23.1. The summed E-state index contributed by atoms with van der Waals surface area (Å²) in [6.45, 7) is 10.8. The van der Waals surface area contributed by atoms with Gasteiger partial charge in [0.05, 0.1) is 18.1 Å². The fourth-order valence-corrected chi connectivity index (χ4v) is 6.85. The maximum atomic E-state index is 14.4. The lowest BCUT2D eigenvalue weighted by Crippen LogP contribution is -2.56. The van der Waals surface area contributed by atoms with E-state index < -0.39 is 35.0 Å². The minimum absolute atomic E-state index is 0.000909. The lowest BCUT2D eigenvalue weighted by atomic mass is 9.65. The number of hydrogen-bond acceptors (Lipinski definition) is 6. The lowest BCUT2D eigenvalue weighted by Gasteiger charge is -2.37. The van der Waals surface area contributed by atoms with Gasteiger partial charge in [0.2, 0.25) is 11.8 Å². The van der Waals surface area contributed by atoms with Gasteiger partial charge in [0, 0.05) is 26.2 Å². The Kier molecular flexibility index (Phi) is 9.28. The number of aliphatic hydroxyl groups is 1. The van der Waals surface area contributed by atoms with Crippen LogP contribution in [0.5, 0.6) is 0 Å². The SMILES string of the molecule is C=CCCCOC(=O)[C@H]1[C@H]2C(=O)N(CCCCO)C(C(=O)N(CC=C)Cc3ccccc3)C23CC[C@]1(CC)O3. The van der Waals surface area contributed by atoms with Crippen molar-refractivity contribution in [2.75, 3.05) is 26.3 Å². The second-order valence-electron chi connectivity index (χ2n) is 10.9. The average Bonchev–Trinajstić information content (AvgIpc) is 3.55. The zero-order valence-electron chi connectivity index (χ0n) is 23.1. The number of fused-ring (bicyclic) bond motifs is 1. The summed E-state index contributed by atoms with van der Waals surface area (Å²) in [5, 5.41) is 9.39. The minimum atomic E-state index is -1.09. The average molecular weight is 539 g/mol. The summed E-state index contributed by atoms with van der Waals surface area (Å²) in [4.78, 5) is 45.4. The number of nitrogens with zero attached hydrogens (tertiary/aromatic N) is 2. The molecule has 2 unspecified atom stereocenters. The summed E-state index contributed by atoms with van der Waals surface area (Å²) >= 11 is 0. The Bertz CT molecular complexity index is 1060. The van der Waals surface area contributed by atoms with Crippen LogP contribution in [0.1, 0.15) is 57.4 Å². The highest BCUT2D eigenvalue weighted by Crippen LogP contribution is 2.64. The number of esters is 1. The van der Waals surface area contributed by atoms with E-state index in [4.69, 9.17) is 9.47 Å². The van der Waals surface area contributed by atoms with E-state index >= 15 is 0 Å². The maximum Gasteiger partial charge on any atom is 0.312 e. The molecule has 3 aliphatic heterocycles. The first-order chi connectivity index (χ1) is 18.9. The van der Waals surface area contributed by atoms with Crippen LogP contribution in [-0.2, 0) is 30.4 Å². The van der Waals surface area contributed by atoms with Gasteiger partial charge in [-0.2, -0.15) is 0 Å². The van der Waals surface area contributed by atoms with E-state index in [0.717, 1.165) is 12.0 Å². The number of amides is 2. The Balaban J connectivity index is 1.69. The maximum absolute atomic E-state index is 14.4. The van der Waals surface area contributed by atoms with Crippen LogP contribution >= 0.6 is 0 Å². The van der Waals surface area contributed by atoms with E-state index in [9.17, 15) is 19.5 Å². The highest BCUT2D eigenvalue weighted by molar-refractivity contribution is 5.98. The molecule has 1 aromatic carbocycles. The number of carbonyl (C=O) groups is 3. The van der Waals surface area contributed by atoms with Crippen molar-refractivity contribution in [2.45, 2.75) is 75.7 Å². The molecule has 8 heteroatoms. The van der Waals surface area contributed by atoms with Crippen molar-refractivity contribution in [1.29, 1.82) is 0 Å². The largest absolute Gasteiger partial charge is 0.465 e. The van der Waals surface area contributed by atoms with Crippen LogP contribution in [-0.4, -0.2) is 76.2 Å². The third kappa shape index (κ3) is 5.29. The first-order valence-electron chi connectivity index (χ1n) is 14.2. The summed E-state index contributed by atoms with van der Waals surface area (Å²) in [5.74, 6) is -2.38. The molecule has 3 saturated heterocycles. The van der Waals surface area contributed by atoms with Crippen molar-refractivity contribution < 1.29 is 29.0 Å². The van der Waals surface area contributed by atoms with E-state index in [1.54, 1.807) is 22.0 Å². The molecule has 0 radical (unpaired) electrons. The fraction of sp³-hybridized carbons (Fsp3) is 0.581. The third-order valence-corrected chi connectivity index (χ3v) is 8.65. The normalized spacial score (nSPS) is 28.8. The van der Waals surface area contributed by atoms with Gasteiger partial charge in [-0.25, -0.2) is 0 Å². The first kappa shape index (κ1) is 29.0. The third-order valence-electron chi connectivity index (χ3n) is 8.65. The Morgan fingerprint density at radius 2 is 1.95 bits per heavy atom. The highest BCUT2D eigenvalue weighted by atomic mass is 16.6. The van der Waals surface area contributed by atoms with Gasteiger partial charge in [-0.05, 0) is 50.5 Å². The van der Waals surface area contributed by atoms with Gasteiger partial charge in [0.15, 0.2) is 0 Å². The van der Waals surface area contributed by atoms with Crippen molar-refractivity contribution >= 4 is 17.8 Å². The number of unbranched alkanes of at least 4 members (excludes halogenated alkanes) is 2. The van der Waals surface area contributed by atoms with Gasteiger partial charge in [-0.1, -0.05) is 49.4 Å². The fourth-order valence-electron chi connectivity index (χ4n) is 6.85. The number of likely N-dealkylation sites (tertiary alicyclic amines) is 1. The minimum Gasteiger partial charge on any atom is -0.465 e. The summed E-state index contributed by atoms with van der Waals surface area (Å²) in [7, 11) is 0. The Morgan fingerprint density at radius 3 is 2.62 bits per heavy atom. The van der Waals surface area contributed by atoms with Crippen LogP contribution in [0.4, 0.5) is 0 Å². The molecule has 3 aliphatic rings. The summed E-state index contributed by atoms with van der Waals surface area (Å²) in [6, 6.07) is 8.86. The van der Waals surface area contributed by atoms with E-state index in [1.807, 2.05) is 37.3 Å². The molecule has 0 aromatic heterocycles. The van der Waals surface area contributed by atoms with Crippen molar-refractivity contribution in [3.63, 3.8) is 0 Å². The van der Waals surface area contributed by atoms with E-state index in [-0.39, 0.29) is 25.0 Å². The van der Waals surface area contributed by atoms with Gasteiger partial charge < -0.3 is 24.4 Å². The number of benzene rings is 1. The number of rotatable bonds is 15. The number of ether oxygens (including phenoxy) is 2. The van der Waals surface area contributed by atoms with Gasteiger partial charge in [0.25, 0.3) is 0 Å². The Labute approximate surface area is 231 Å². The van der Waals surface area contributed by atoms with Crippen LogP contribution in [0.25, 0.3) is 0 Å². The van der Waals surface area contributed by atoms with Gasteiger partial charge in [-0.3, -0.25) is 14.4 Å². The van der Waals surface area contributed by atoms with Crippen molar-refractivity contribution in [2.24, 2.45) is 11.8 Å². The molecule has 2 amide bonds. The van der Waals surface area contributed by atoms with Crippen LogP contribution in [0.2, 0.25) is 0 Å². The molecule has 3 fully saturated rings. The highest BCUT2D eigenvalue weighted by Gasteiger charge is 2.79. The molecular formula is C31H42N2O6. The molecule has 212 valence electrons. The van der Waals surface area contributed by atoms with Gasteiger partial charge in [-0.15, -0.1) is 13.2 Å². The molecule has 1 N–H and O–H groups in total. The smallest absolute Gasteiger partial charge is 0.312 e. The quantitative estimate of drug-likeness (QED) is 0.208. The number of hydrogen-bond donors (Lipinski definition) is 1. The first-order valence-corrected chi connectivity index (χ1v) is 14.2. The molecule has 1 aromatic rings. The summed E-state index contributed by atoms with van der Waals surface area (Å²) in [6.07, 6.45) is 7.59. The van der Waals surface area contributed by atoms with Crippen LogP contribution in [0.3, 0.4) is 0 Å². The topological polar surface area (TPSA) is 96.4 Å². The summed E-state index contributed by atoms with van der Waals surface area (Å²) < 4.78 is 12.5. The standard InChI is InChI=1S/C31H42N2O6/c1-4-7-13-21-38-29(37)25-24-27(35)33(19-11-12-20-34)26(31(24)17-16-30(25,6-3)39-31)28(36)32(18-5-2)22-23-14-9-8-10-15-23/h4-5,8-10,14-15,24-26,34H,1-2,6-7,11-13,16-22H2,3H3/t24-,25+,26?,30-,31?/m0/s1. The molecule has 1 spiro atoms. The second kappa shape index (κ2) is 12.5. The monoisotopic (exact) mass is 538 g/mol. The lowest BCUT2D eigenvalue weighted by molar-refractivity contribution is -0.162. The van der Waals surface area contributed by atoms with E-state index in [0.29, 0.717) is 58.2 Å². The summed E-state index contributed by atoms with van der Waals surface area (Å²) in [5.41, 5.74) is -0.945. The predicted molar refractivity (Wildman–Crippen MR) is 147 cm³/mol. The van der Waals surface area contributed by atoms with E-state index in [2.05, 4.69) is 13.2 Å². The number of carbonyl (C=O) groups excluding carboxylic acids is 3. The zero-order chi connectivity index (χ0) is 28.0. The van der Waals surface area contributed by atoms with E-state index in [1.165, 1.54) is 0 Å². The van der Waals surface area contributed by atoms with Crippen molar-refractivity contribution in [3.8, 4) is 0 Å². The molecule has 2 bridgehead atoms. The molecule has 0 aliphatic carbocycles. The molecule has 5 atom stereocenters. The van der Waals surface area contributed by atoms with Crippen LogP contribution in [0, 0.1) is 11.8 Å².